The van der Waals surface area contributed by atoms with Gasteiger partial charge in [0, 0.05) is 12.7 Å². The molecule has 1 aromatic rings. The smallest absolute Gasteiger partial charge is 0.319 e. The first-order chi connectivity index (χ1) is 10.3. The van der Waals surface area contributed by atoms with Crippen LogP contribution in [0.3, 0.4) is 0 Å². The van der Waals surface area contributed by atoms with E-state index in [0.717, 1.165) is 29.9 Å². The van der Waals surface area contributed by atoms with Crippen molar-refractivity contribution in [3.05, 3.63) is 35.5 Å². The quantitative estimate of drug-likeness (QED) is 0.898. The van der Waals surface area contributed by atoms with Crippen LogP contribution in [0.2, 0.25) is 0 Å². The number of hydrogen-bond acceptors (Lipinski definition) is 3. The Balaban J connectivity index is 1.47. The van der Waals surface area contributed by atoms with Gasteiger partial charge in [-0.05, 0) is 43.4 Å². The van der Waals surface area contributed by atoms with Crippen LogP contribution in [0.5, 0.6) is 11.5 Å². The number of carbonyl (C=O) groups excluding carboxylic acids is 1. The SMILES string of the molecule is O=C(NC=C1CCCCC1)NCc1ccc2c(c1)OCO2. The van der Waals surface area contributed by atoms with Gasteiger partial charge in [-0.15, -0.1) is 0 Å². The van der Waals surface area contributed by atoms with Gasteiger partial charge in [0.15, 0.2) is 11.5 Å². The molecule has 2 N–H and O–H groups in total. The molecule has 1 fully saturated rings. The van der Waals surface area contributed by atoms with Crippen LogP contribution in [0.4, 0.5) is 4.79 Å². The first-order valence-corrected chi connectivity index (χ1v) is 7.42. The maximum absolute atomic E-state index is 11.8. The van der Waals surface area contributed by atoms with Crippen LogP contribution < -0.4 is 20.1 Å². The zero-order valence-corrected chi connectivity index (χ0v) is 12.0. The van der Waals surface area contributed by atoms with Gasteiger partial charge in [0.05, 0.1) is 0 Å². The van der Waals surface area contributed by atoms with Crippen LogP contribution in [0, 0.1) is 0 Å². The first-order valence-electron chi connectivity index (χ1n) is 7.42. The van der Waals surface area contributed by atoms with Crippen molar-refractivity contribution in [2.24, 2.45) is 0 Å². The normalized spacial score (nSPS) is 16.5. The van der Waals surface area contributed by atoms with E-state index < -0.39 is 0 Å². The Kier molecular flexibility index (Phi) is 4.28. The molecule has 1 heterocycles. The van der Waals surface area contributed by atoms with Gasteiger partial charge in [0.1, 0.15) is 0 Å². The van der Waals surface area contributed by atoms with E-state index >= 15 is 0 Å². The molecule has 0 bridgehead atoms. The average molecular weight is 288 g/mol. The highest BCUT2D eigenvalue weighted by Gasteiger charge is 2.13. The number of benzene rings is 1. The zero-order chi connectivity index (χ0) is 14.5. The Labute approximate surface area is 124 Å². The maximum atomic E-state index is 11.8. The lowest BCUT2D eigenvalue weighted by atomic mass is 9.96. The molecular formula is C16H20N2O3. The van der Waals surface area contributed by atoms with Crippen LogP contribution in [0.1, 0.15) is 37.7 Å². The summed E-state index contributed by atoms with van der Waals surface area (Å²) in [4.78, 5) is 11.8. The lowest BCUT2D eigenvalue weighted by Crippen LogP contribution is -2.32. The van der Waals surface area contributed by atoms with Crippen LogP contribution in [-0.2, 0) is 6.54 Å². The number of fused-ring (bicyclic) bond motifs is 1. The third-order valence-corrected chi connectivity index (χ3v) is 3.79. The Hall–Kier alpha value is -2.17. The molecule has 5 nitrogen and oxygen atoms in total. The first kappa shape index (κ1) is 13.8. The van der Waals surface area contributed by atoms with Gasteiger partial charge in [-0.3, -0.25) is 0 Å². The summed E-state index contributed by atoms with van der Waals surface area (Å²) in [6.45, 7) is 0.728. The second-order valence-electron chi connectivity index (χ2n) is 5.38. The molecule has 0 spiro atoms. The van der Waals surface area contributed by atoms with Crippen molar-refractivity contribution in [1.29, 1.82) is 0 Å². The van der Waals surface area contributed by atoms with Crippen molar-refractivity contribution in [3.63, 3.8) is 0 Å². The summed E-state index contributed by atoms with van der Waals surface area (Å²) < 4.78 is 10.6. The van der Waals surface area contributed by atoms with Crippen molar-refractivity contribution >= 4 is 6.03 Å². The molecule has 3 rings (SSSR count). The van der Waals surface area contributed by atoms with Gasteiger partial charge >= 0.3 is 6.03 Å². The van der Waals surface area contributed by atoms with Gasteiger partial charge in [-0.2, -0.15) is 0 Å². The predicted octanol–water partition coefficient (Wildman–Crippen LogP) is 3.06. The third-order valence-electron chi connectivity index (χ3n) is 3.79. The number of carbonyl (C=O) groups is 1. The molecule has 1 saturated carbocycles. The van der Waals surface area contributed by atoms with E-state index in [1.807, 2.05) is 24.4 Å². The van der Waals surface area contributed by atoms with Gasteiger partial charge in [0.25, 0.3) is 0 Å². The summed E-state index contributed by atoms with van der Waals surface area (Å²) in [5.74, 6) is 1.49. The number of rotatable bonds is 3. The fraction of sp³-hybridized carbons (Fsp3) is 0.438. The summed E-state index contributed by atoms with van der Waals surface area (Å²) in [5.41, 5.74) is 2.32. The Morgan fingerprint density at radius 1 is 1.14 bits per heavy atom. The van der Waals surface area contributed by atoms with Crippen LogP contribution in [0.15, 0.2) is 30.0 Å². The Morgan fingerprint density at radius 2 is 1.95 bits per heavy atom. The summed E-state index contributed by atoms with van der Waals surface area (Å²) in [6, 6.07) is 5.50. The highest BCUT2D eigenvalue weighted by atomic mass is 16.7. The number of amides is 2. The standard InChI is InChI=1S/C16H20N2O3/c19-16(17-9-12-4-2-1-3-5-12)18-10-13-6-7-14-15(8-13)21-11-20-14/h6-9H,1-5,10-11H2,(H2,17,18,19). The topological polar surface area (TPSA) is 59.6 Å². The number of hydrogen-bond donors (Lipinski definition) is 2. The van der Waals surface area contributed by atoms with E-state index in [1.165, 1.54) is 24.8 Å². The second kappa shape index (κ2) is 6.52. The lowest BCUT2D eigenvalue weighted by Gasteiger charge is -2.13. The minimum atomic E-state index is -0.175. The zero-order valence-electron chi connectivity index (χ0n) is 12.0. The molecule has 5 heteroatoms. The molecule has 1 aromatic carbocycles. The van der Waals surface area contributed by atoms with Gasteiger partial charge < -0.3 is 20.1 Å². The average Bonchev–Trinajstić information content (AvgIpc) is 2.99. The van der Waals surface area contributed by atoms with E-state index in [-0.39, 0.29) is 12.8 Å². The molecule has 0 unspecified atom stereocenters. The van der Waals surface area contributed by atoms with Crippen molar-refractivity contribution in [2.45, 2.75) is 38.6 Å². The van der Waals surface area contributed by atoms with E-state index in [1.54, 1.807) is 0 Å². The molecule has 1 aliphatic carbocycles. The van der Waals surface area contributed by atoms with Crippen LogP contribution >= 0.6 is 0 Å². The molecule has 112 valence electrons. The van der Waals surface area contributed by atoms with E-state index in [4.69, 9.17) is 9.47 Å². The minimum Gasteiger partial charge on any atom is -0.454 e. The molecule has 2 aliphatic rings. The number of urea groups is 1. The minimum absolute atomic E-state index is 0.175. The van der Waals surface area contributed by atoms with Crippen LogP contribution in [-0.4, -0.2) is 12.8 Å². The van der Waals surface area contributed by atoms with Crippen molar-refractivity contribution in [1.82, 2.24) is 10.6 Å². The van der Waals surface area contributed by atoms with Crippen molar-refractivity contribution in [3.8, 4) is 11.5 Å². The summed E-state index contributed by atoms with van der Waals surface area (Å²) in [7, 11) is 0. The van der Waals surface area contributed by atoms with E-state index in [2.05, 4.69) is 10.6 Å². The fourth-order valence-corrected chi connectivity index (χ4v) is 2.60. The summed E-state index contributed by atoms with van der Waals surface area (Å²) in [5, 5.41) is 5.65. The maximum Gasteiger partial charge on any atom is 0.319 e. The Morgan fingerprint density at radius 3 is 2.81 bits per heavy atom. The van der Waals surface area contributed by atoms with Gasteiger partial charge in [-0.25, -0.2) is 4.79 Å². The molecule has 0 aromatic heterocycles. The number of nitrogens with one attached hydrogen (secondary N) is 2. The van der Waals surface area contributed by atoms with Crippen molar-refractivity contribution < 1.29 is 14.3 Å². The summed E-state index contributed by atoms with van der Waals surface area (Å²) in [6.07, 6.45) is 7.81. The lowest BCUT2D eigenvalue weighted by molar-refractivity contribution is 0.174. The molecule has 0 saturated heterocycles. The second-order valence-corrected chi connectivity index (χ2v) is 5.38. The fourth-order valence-electron chi connectivity index (χ4n) is 2.60. The molecule has 0 atom stereocenters. The third kappa shape index (κ3) is 3.68. The highest BCUT2D eigenvalue weighted by molar-refractivity contribution is 5.75. The van der Waals surface area contributed by atoms with Crippen LogP contribution in [0.25, 0.3) is 0 Å². The Bertz CT molecular complexity index is 546. The highest BCUT2D eigenvalue weighted by Crippen LogP contribution is 2.32. The molecule has 21 heavy (non-hydrogen) atoms. The monoisotopic (exact) mass is 288 g/mol. The summed E-state index contributed by atoms with van der Waals surface area (Å²) >= 11 is 0. The molecule has 0 radical (unpaired) electrons. The van der Waals surface area contributed by atoms with E-state index in [9.17, 15) is 4.79 Å². The number of allylic oxidation sites excluding steroid dienone is 1. The van der Waals surface area contributed by atoms with Gasteiger partial charge in [0.2, 0.25) is 6.79 Å². The van der Waals surface area contributed by atoms with Gasteiger partial charge in [-0.1, -0.05) is 18.1 Å². The van der Waals surface area contributed by atoms with Crippen molar-refractivity contribution in [2.75, 3.05) is 6.79 Å². The molecule has 1 aliphatic heterocycles. The molecule has 2 amide bonds. The number of ether oxygens (including phenoxy) is 2. The molecular weight excluding hydrogens is 268 g/mol. The largest absolute Gasteiger partial charge is 0.454 e. The predicted molar refractivity (Wildman–Crippen MR) is 79.1 cm³/mol. The van der Waals surface area contributed by atoms with E-state index in [0.29, 0.717) is 6.54 Å².